The van der Waals surface area contributed by atoms with E-state index in [0.717, 1.165) is 6.42 Å². The summed E-state index contributed by atoms with van der Waals surface area (Å²) < 4.78 is 12.2. The van der Waals surface area contributed by atoms with E-state index in [-0.39, 0.29) is 5.92 Å². The highest BCUT2D eigenvalue weighted by Gasteiger charge is 2.52. The predicted molar refractivity (Wildman–Crippen MR) is 28.1 cm³/mol. The summed E-state index contributed by atoms with van der Waals surface area (Å²) >= 11 is 5.24. The first-order valence-corrected chi connectivity index (χ1v) is 2.92. The van der Waals surface area contributed by atoms with Crippen LogP contribution in [0.1, 0.15) is 19.8 Å². The quantitative estimate of drug-likeness (QED) is 0.469. The molecule has 7 heavy (non-hydrogen) atoms. The Morgan fingerprint density at radius 1 is 2.00 bits per heavy atom. The van der Waals surface area contributed by atoms with Crippen molar-refractivity contribution < 1.29 is 4.39 Å². The Bertz CT molecular complexity index is 80.1. The number of halogens is 2. The lowest BCUT2D eigenvalue weighted by Gasteiger charge is -1.88. The summed E-state index contributed by atoms with van der Waals surface area (Å²) in [7, 11) is 0. The van der Waals surface area contributed by atoms with Crippen LogP contribution in [0.3, 0.4) is 0 Å². The van der Waals surface area contributed by atoms with Crippen LogP contribution in [-0.2, 0) is 0 Å². The van der Waals surface area contributed by atoms with Crippen LogP contribution in [0.4, 0.5) is 4.39 Å². The van der Waals surface area contributed by atoms with Gasteiger partial charge < -0.3 is 0 Å². The molecule has 0 amide bonds. The van der Waals surface area contributed by atoms with Crippen LogP contribution in [0, 0.1) is 5.92 Å². The van der Waals surface area contributed by atoms with Gasteiger partial charge in [0.2, 0.25) is 0 Å². The average molecular weight is 123 g/mol. The van der Waals surface area contributed by atoms with Gasteiger partial charge in [-0.1, -0.05) is 18.5 Å². The van der Waals surface area contributed by atoms with Gasteiger partial charge in [0.15, 0.2) is 5.13 Å². The Kier molecular flexibility index (Phi) is 1.03. The summed E-state index contributed by atoms with van der Waals surface area (Å²) in [6.07, 6.45) is 1.44. The molecule has 0 saturated heterocycles. The fraction of sp³-hybridized carbons (Fsp3) is 1.00. The molecule has 1 aliphatic carbocycles. The number of hydrogen-bond donors (Lipinski definition) is 0. The van der Waals surface area contributed by atoms with Crippen molar-refractivity contribution in [1.29, 1.82) is 0 Å². The molecule has 0 aromatic heterocycles. The first kappa shape index (κ1) is 5.36. The summed E-state index contributed by atoms with van der Waals surface area (Å²) in [5, 5.41) is -1.31. The van der Waals surface area contributed by atoms with Crippen LogP contribution in [0.2, 0.25) is 0 Å². The summed E-state index contributed by atoms with van der Waals surface area (Å²) in [6, 6.07) is 0. The molecule has 0 spiro atoms. The molecular formula is C5H8ClF. The van der Waals surface area contributed by atoms with E-state index in [1.807, 2.05) is 6.92 Å². The van der Waals surface area contributed by atoms with E-state index in [1.54, 1.807) is 0 Å². The normalized spacial score (nSPS) is 49.3. The molecule has 2 heteroatoms. The van der Waals surface area contributed by atoms with Gasteiger partial charge in [-0.2, -0.15) is 0 Å². The second-order valence-corrected chi connectivity index (χ2v) is 2.70. The summed E-state index contributed by atoms with van der Waals surface area (Å²) in [4.78, 5) is 0. The number of alkyl halides is 2. The van der Waals surface area contributed by atoms with E-state index in [4.69, 9.17) is 11.6 Å². The van der Waals surface area contributed by atoms with Gasteiger partial charge >= 0.3 is 0 Å². The molecule has 0 aromatic rings. The summed E-state index contributed by atoms with van der Waals surface area (Å²) in [5.41, 5.74) is 0. The molecule has 1 fully saturated rings. The molecule has 1 saturated carbocycles. The van der Waals surface area contributed by atoms with Crippen molar-refractivity contribution in [3.63, 3.8) is 0 Å². The molecule has 0 aliphatic heterocycles. The molecule has 0 N–H and O–H groups in total. The van der Waals surface area contributed by atoms with Gasteiger partial charge in [-0.15, -0.1) is 0 Å². The van der Waals surface area contributed by atoms with Gasteiger partial charge in [0.25, 0.3) is 0 Å². The third-order valence-corrected chi connectivity index (χ3v) is 1.91. The highest BCUT2D eigenvalue weighted by atomic mass is 35.5. The minimum atomic E-state index is -1.31. The van der Waals surface area contributed by atoms with Gasteiger partial charge in [-0.05, 0) is 6.42 Å². The lowest BCUT2D eigenvalue weighted by molar-refractivity contribution is 0.392. The molecule has 1 rings (SSSR count). The molecule has 0 nitrogen and oxygen atoms in total. The fourth-order valence-corrected chi connectivity index (χ4v) is 1.05. The molecule has 0 aromatic carbocycles. The molecular weight excluding hydrogens is 115 g/mol. The van der Waals surface area contributed by atoms with Crippen molar-refractivity contribution in [2.24, 2.45) is 5.92 Å². The first-order chi connectivity index (χ1) is 3.17. The van der Waals surface area contributed by atoms with E-state index in [9.17, 15) is 4.39 Å². The maximum absolute atomic E-state index is 12.2. The predicted octanol–water partition coefficient (Wildman–Crippen LogP) is 2.32. The molecule has 0 bridgehead atoms. The Labute approximate surface area is 47.7 Å². The van der Waals surface area contributed by atoms with E-state index in [1.165, 1.54) is 0 Å². The van der Waals surface area contributed by atoms with Crippen molar-refractivity contribution in [3.05, 3.63) is 0 Å². The van der Waals surface area contributed by atoms with Crippen molar-refractivity contribution in [1.82, 2.24) is 0 Å². The Morgan fingerprint density at radius 3 is 2.43 bits per heavy atom. The van der Waals surface area contributed by atoms with Crippen LogP contribution in [0.5, 0.6) is 0 Å². The van der Waals surface area contributed by atoms with Gasteiger partial charge in [-0.25, -0.2) is 4.39 Å². The smallest absolute Gasteiger partial charge is 0.187 e. The molecule has 0 radical (unpaired) electrons. The van der Waals surface area contributed by atoms with Gasteiger partial charge in [-0.3, -0.25) is 0 Å². The lowest BCUT2D eigenvalue weighted by Crippen LogP contribution is -1.88. The summed E-state index contributed by atoms with van der Waals surface area (Å²) in [5.74, 6) is 0.147. The van der Waals surface area contributed by atoms with Crippen molar-refractivity contribution in [2.75, 3.05) is 0 Å². The van der Waals surface area contributed by atoms with Crippen LogP contribution in [-0.4, -0.2) is 5.13 Å². The molecule has 0 heterocycles. The van der Waals surface area contributed by atoms with Crippen LogP contribution in [0.15, 0.2) is 0 Å². The zero-order valence-electron chi connectivity index (χ0n) is 4.25. The maximum Gasteiger partial charge on any atom is 0.187 e. The highest BCUT2D eigenvalue weighted by molar-refractivity contribution is 6.24. The molecule has 2 unspecified atom stereocenters. The van der Waals surface area contributed by atoms with Crippen molar-refractivity contribution in [2.45, 2.75) is 24.9 Å². The largest absolute Gasteiger partial charge is 0.226 e. The van der Waals surface area contributed by atoms with E-state index in [2.05, 4.69) is 0 Å². The third-order valence-electron chi connectivity index (χ3n) is 1.45. The number of hydrogen-bond acceptors (Lipinski definition) is 0. The average Bonchev–Trinajstić information content (AvgIpc) is 2.13. The first-order valence-electron chi connectivity index (χ1n) is 2.54. The van der Waals surface area contributed by atoms with Gasteiger partial charge in [0.1, 0.15) is 0 Å². The van der Waals surface area contributed by atoms with Crippen LogP contribution >= 0.6 is 11.6 Å². The maximum atomic E-state index is 12.2. The Morgan fingerprint density at radius 2 is 2.43 bits per heavy atom. The standard InChI is InChI=1S/C5H8ClF/c1-2-4-3-5(4,6)7/h4H,2-3H2,1H3. The Hall–Kier alpha value is 0.220. The van der Waals surface area contributed by atoms with Crippen molar-refractivity contribution >= 4 is 11.6 Å². The Balaban J connectivity index is 2.30. The molecule has 1 aliphatic rings. The third kappa shape index (κ3) is 0.880. The zero-order chi connectivity index (χ0) is 5.49. The number of rotatable bonds is 1. The monoisotopic (exact) mass is 122 g/mol. The second kappa shape index (κ2) is 1.35. The molecule has 42 valence electrons. The topological polar surface area (TPSA) is 0 Å². The second-order valence-electron chi connectivity index (χ2n) is 2.07. The fourth-order valence-electron chi connectivity index (χ4n) is 0.713. The van der Waals surface area contributed by atoms with Crippen LogP contribution < -0.4 is 0 Å². The minimum absolute atomic E-state index is 0.147. The summed E-state index contributed by atoms with van der Waals surface area (Å²) in [6.45, 7) is 1.95. The molecule has 2 atom stereocenters. The van der Waals surface area contributed by atoms with E-state index in [0.29, 0.717) is 6.42 Å². The van der Waals surface area contributed by atoms with Crippen LogP contribution in [0.25, 0.3) is 0 Å². The minimum Gasteiger partial charge on any atom is -0.226 e. The van der Waals surface area contributed by atoms with Gasteiger partial charge in [0.05, 0.1) is 0 Å². The van der Waals surface area contributed by atoms with E-state index < -0.39 is 5.13 Å². The van der Waals surface area contributed by atoms with E-state index >= 15 is 0 Å². The SMILES string of the molecule is CCC1CC1(F)Cl. The highest BCUT2D eigenvalue weighted by Crippen LogP contribution is 2.52. The van der Waals surface area contributed by atoms with Gasteiger partial charge in [0, 0.05) is 12.3 Å². The zero-order valence-corrected chi connectivity index (χ0v) is 5.00. The van der Waals surface area contributed by atoms with Crippen molar-refractivity contribution in [3.8, 4) is 0 Å². The lowest BCUT2D eigenvalue weighted by atomic mass is 10.3.